The van der Waals surface area contributed by atoms with Gasteiger partial charge in [-0.1, -0.05) is 23.8 Å². The van der Waals surface area contributed by atoms with E-state index in [-0.39, 0.29) is 0 Å². The van der Waals surface area contributed by atoms with Crippen LogP contribution in [0.5, 0.6) is 5.75 Å². The monoisotopic (exact) mass is 217 g/mol. The van der Waals surface area contributed by atoms with E-state index in [2.05, 4.69) is 18.2 Å². The summed E-state index contributed by atoms with van der Waals surface area (Å²) in [4.78, 5) is 0. The summed E-state index contributed by atoms with van der Waals surface area (Å²) in [6.45, 7) is 0. The summed E-state index contributed by atoms with van der Waals surface area (Å²) in [6.07, 6.45) is 6.62. The van der Waals surface area contributed by atoms with Gasteiger partial charge < -0.3 is 10.5 Å². The van der Waals surface area contributed by atoms with Gasteiger partial charge in [-0.25, -0.2) is 0 Å². The molecule has 1 atom stereocenters. The summed E-state index contributed by atoms with van der Waals surface area (Å²) in [7, 11) is 1.71. The van der Waals surface area contributed by atoms with Crippen LogP contribution in [0.1, 0.15) is 24.8 Å². The lowest BCUT2D eigenvalue weighted by Crippen LogP contribution is -2.22. The van der Waals surface area contributed by atoms with Crippen LogP contribution in [0.25, 0.3) is 0 Å². The van der Waals surface area contributed by atoms with E-state index in [0.717, 1.165) is 31.4 Å². The summed E-state index contributed by atoms with van der Waals surface area (Å²) >= 11 is 0. The van der Waals surface area contributed by atoms with Gasteiger partial charge in [-0.3, -0.25) is 0 Å². The molecule has 0 saturated heterocycles. The summed E-state index contributed by atoms with van der Waals surface area (Å²) in [5, 5.41) is 0. The van der Waals surface area contributed by atoms with Crippen LogP contribution in [0.4, 0.5) is 0 Å². The number of benzene rings is 1. The van der Waals surface area contributed by atoms with Gasteiger partial charge in [-0.15, -0.1) is 0 Å². The highest BCUT2D eigenvalue weighted by Crippen LogP contribution is 2.22. The van der Waals surface area contributed by atoms with Crippen LogP contribution < -0.4 is 10.5 Å². The van der Waals surface area contributed by atoms with E-state index < -0.39 is 0 Å². The van der Waals surface area contributed by atoms with Crippen LogP contribution in [0, 0.1) is 0 Å². The lowest BCUT2D eigenvalue weighted by molar-refractivity contribution is 0.414. The van der Waals surface area contributed by atoms with Gasteiger partial charge in [0.05, 0.1) is 7.11 Å². The Labute approximate surface area is 97.1 Å². The second kappa shape index (κ2) is 5.17. The van der Waals surface area contributed by atoms with E-state index in [1.165, 1.54) is 11.1 Å². The number of hydrogen-bond donors (Lipinski definition) is 1. The van der Waals surface area contributed by atoms with Crippen molar-refractivity contribution < 1.29 is 4.74 Å². The Kier molecular flexibility index (Phi) is 3.62. The van der Waals surface area contributed by atoms with Crippen molar-refractivity contribution in [1.82, 2.24) is 0 Å². The molecule has 1 aliphatic carbocycles. The lowest BCUT2D eigenvalue weighted by Gasteiger charge is -2.18. The molecular weight excluding hydrogens is 198 g/mol. The third-order valence-corrected chi connectivity index (χ3v) is 3.11. The zero-order valence-electron chi connectivity index (χ0n) is 9.78. The van der Waals surface area contributed by atoms with E-state index >= 15 is 0 Å². The number of methoxy groups -OCH3 is 1. The summed E-state index contributed by atoms with van der Waals surface area (Å²) in [6, 6.07) is 8.65. The van der Waals surface area contributed by atoms with Gasteiger partial charge in [0.1, 0.15) is 5.75 Å². The third kappa shape index (κ3) is 2.86. The van der Waals surface area contributed by atoms with Crippen LogP contribution >= 0.6 is 0 Å². The van der Waals surface area contributed by atoms with E-state index in [4.69, 9.17) is 10.5 Å². The van der Waals surface area contributed by atoms with Gasteiger partial charge in [0.2, 0.25) is 0 Å². The van der Waals surface area contributed by atoms with Gasteiger partial charge in [-0.05, 0) is 43.4 Å². The van der Waals surface area contributed by atoms with Crippen molar-refractivity contribution in [2.75, 3.05) is 7.11 Å². The van der Waals surface area contributed by atoms with Crippen molar-refractivity contribution in [3.8, 4) is 5.75 Å². The highest BCUT2D eigenvalue weighted by molar-refractivity contribution is 5.31. The minimum Gasteiger partial charge on any atom is -0.497 e. The molecule has 0 heterocycles. The second-order valence-corrected chi connectivity index (χ2v) is 4.43. The molecule has 2 heteroatoms. The van der Waals surface area contributed by atoms with Crippen molar-refractivity contribution >= 4 is 0 Å². The molecule has 1 aliphatic rings. The van der Waals surface area contributed by atoms with Crippen LogP contribution in [0.2, 0.25) is 0 Å². The SMILES string of the molecule is COc1cccc(CC2=CCC(N)CC2)c1. The normalized spacial score (nSPS) is 20.4. The lowest BCUT2D eigenvalue weighted by atomic mass is 9.91. The molecule has 0 bridgehead atoms. The molecule has 0 radical (unpaired) electrons. The standard InChI is InChI=1S/C14H19NO/c1-16-14-4-2-3-12(10-14)9-11-5-7-13(15)8-6-11/h2-5,10,13H,6-9,15H2,1H3. The smallest absolute Gasteiger partial charge is 0.119 e. The van der Waals surface area contributed by atoms with Crippen molar-refractivity contribution in [3.63, 3.8) is 0 Å². The van der Waals surface area contributed by atoms with Crippen molar-refractivity contribution in [2.45, 2.75) is 31.7 Å². The van der Waals surface area contributed by atoms with E-state index in [9.17, 15) is 0 Å². The summed E-state index contributed by atoms with van der Waals surface area (Å²) in [5.41, 5.74) is 8.70. The molecule has 16 heavy (non-hydrogen) atoms. The Balaban J connectivity index is 2.03. The first-order chi connectivity index (χ1) is 7.78. The number of ether oxygens (including phenoxy) is 1. The first-order valence-corrected chi connectivity index (χ1v) is 5.84. The van der Waals surface area contributed by atoms with Gasteiger partial charge in [0.15, 0.2) is 0 Å². The van der Waals surface area contributed by atoms with Crippen molar-refractivity contribution in [2.24, 2.45) is 5.73 Å². The minimum atomic E-state index is 0.369. The average molecular weight is 217 g/mol. The zero-order chi connectivity index (χ0) is 11.4. The predicted molar refractivity (Wildman–Crippen MR) is 66.6 cm³/mol. The molecule has 0 amide bonds. The van der Waals surface area contributed by atoms with Crippen LogP contribution in [0.15, 0.2) is 35.9 Å². The number of hydrogen-bond acceptors (Lipinski definition) is 2. The molecule has 2 N–H and O–H groups in total. The first kappa shape index (κ1) is 11.2. The van der Waals surface area contributed by atoms with Gasteiger partial charge in [0, 0.05) is 6.04 Å². The van der Waals surface area contributed by atoms with E-state index in [0.29, 0.717) is 6.04 Å². The molecule has 2 nitrogen and oxygen atoms in total. The highest BCUT2D eigenvalue weighted by Gasteiger charge is 2.10. The zero-order valence-corrected chi connectivity index (χ0v) is 9.78. The fourth-order valence-electron chi connectivity index (χ4n) is 2.11. The Morgan fingerprint density at radius 2 is 2.31 bits per heavy atom. The van der Waals surface area contributed by atoms with Gasteiger partial charge in [-0.2, -0.15) is 0 Å². The number of rotatable bonds is 3. The Morgan fingerprint density at radius 1 is 1.44 bits per heavy atom. The predicted octanol–water partition coefficient (Wildman–Crippen LogP) is 2.68. The minimum absolute atomic E-state index is 0.369. The molecule has 0 saturated carbocycles. The fourth-order valence-corrected chi connectivity index (χ4v) is 2.11. The summed E-state index contributed by atoms with van der Waals surface area (Å²) < 4.78 is 5.22. The van der Waals surface area contributed by atoms with E-state index in [1.807, 2.05) is 12.1 Å². The molecule has 1 aromatic carbocycles. The molecule has 1 unspecified atom stereocenters. The topological polar surface area (TPSA) is 35.2 Å². The van der Waals surface area contributed by atoms with Crippen LogP contribution in [-0.4, -0.2) is 13.2 Å². The fraction of sp³-hybridized carbons (Fsp3) is 0.429. The molecule has 1 aromatic rings. The third-order valence-electron chi connectivity index (χ3n) is 3.11. The first-order valence-electron chi connectivity index (χ1n) is 5.84. The van der Waals surface area contributed by atoms with Gasteiger partial charge >= 0.3 is 0 Å². The maximum Gasteiger partial charge on any atom is 0.119 e. The Hall–Kier alpha value is -1.28. The average Bonchev–Trinajstić information content (AvgIpc) is 2.32. The Morgan fingerprint density at radius 3 is 3.00 bits per heavy atom. The van der Waals surface area contributed by atoms with Crippen LogP contribution in [0.3, 0.4) is 0 Å². The maximum atomic E-state index is 5.87. The molecule has 86 valence electrons. The van der Waals surface area contributed by atoms with Gasteiger partial charge in [0.25, 0.3) is 0 Å². The molecule has 2 rings (SSSR count). The molecule has 0 aliphatic heterocycles. The highest BCUT2D eigenvalue weighted by atomic mass is 16.5. The maximum absolute atomic E-state index is 5.87. The largest absolute Gasteiger partial charge is 0.497 e. The van der Waals surface area contributed by atoms with Crippen molar-refractivity contribution in [3.05, 3.63) is 41.5 Å². The quantitative estimate of drug-likeness (QED) is 0.790. The van der Waals surface area contributed by atoms with E-state index in [1.54, 1.807) is 7.11 Å². The molecular formula is C14H19NO. The molecule has 0 spiro atoms. The molecule has 0 aromatic heterocycles. The summed E-state index contributed by atoms with van der Waals surface area (Å²) in [5.74, 6) is 0.936. The second-order valence-electron chi connectivity index (χ2n) is 4.43. The number of nitrogens with two attached hydrogens (primary N) is 1. The Bertz CT molecular complexity index is 384. The van der Waals surface area contributed by atoms with Crippen molar-refractivity contribution in [1.29, 1.82) is 0 Å². The molecule has 0 fully saturated rings. The van der Waals surface area contributed by atoms with Crippen LogP contribution in [-0.2, 0) is 6.42 Å². The number of allylic oxidation sites excluding steroid dienone is 1.